The second-order valence-electron chi connectivity index (χ2n) is 16.0. The molecule has 1 saturated heterocycles. The Hall–Kier alpha value is -5.76. The van der Waals surface area contributed by atoms with Crippen LogP contribution in [0.15, 0.2) is 68.5 Å². The Labute approximate surface area is 386 Å². The summed E-state index contributed by atoms with van der Waals surface area (Å²) in [6, 6.07) is 12.0. The van der Waals surface area contributed by atoms with E-state index in [0.717, 1.165) is 46.8 Å². The topological polar surface area (TPSA) is 417 Å². The number of para-hydroxylation sites is 2. The number of carbonyl (C=O) groups is 2. The molecule has 2 aromatic carbocycles. The number of aliphatic hydroxyl groups is 3. The summed E-state index contributed by atoms with van der Waals surface area (Å²) in [6.45, 7) is 0.803. The van der Waals surface area contributed by atoms with Crippen LogP contribution < -0.4 is 56.5 Å². The Morgan fingerprint density at radius 2 is 1.33 bits per heavy atom. The lowest BCUT2D eigenvalue weighted by Gasteiger charge is -2.46. The number of guanidine groups is 4. The van der Waals surface area contributed by atoms with Crippen LogP contribution in [0.1, 0.15) is 55.3 Å². The van der Waals surface area contributed by atoms with E-state index in [9.17, 15) is 24.9 Å². The summed E-state index contributed by atoms with van der Waals surface area (Å²) < 4.78 is 18.7. The third-order valence-electron chi connectivity index (χ3n) is 11.0. The number of aromatic nitrogens is 1. The fourth-order valence-corrected chi connectivity index (χ4v) is 8.86. The van der Waals surface area contributed by atoms with Crippen molar-refractivity contribution in [1.82, 2.24) is 15.6 Å². The highest BCUT2D eigenvalue weighted by Gasteiger charge is 2.51. The third-order valence-corrected chi connectivity index (χ3v) is 12.1. The van der Waals surface area contributed by atoms with Gasteiger partial charge >= 0.3 is 0 Å². The molecule has 1 aliphatic heterocycles. The lowest BCUT2D eigenvalue weighted by molar-refractivity contribution is -0.290. The molecule has 0 bridgehead atoms. The van der Waals surface area contributed by atoms with Gasteiger partial charge in [0.15, 0.2) is 30.1 Å². The molecule has 5 rings (SSSR count). The molecule has 2 aliphatic rings. The van der Waals surface area contributed by atoms with Gasteiger partial charge in [-0.2, -0.15) is 11.8 Å². The van der Waals surface area contributed by atoms with Crippen molar-refractivity contribution in [3.63, 3.8) is 0 Å². The number of ether oxygens (including phenoxy) is 3. The molecule has 2 amide bonds. The fraction of sp³-hybridized carbons (Fsp3) is 0.548. The second-order valence-corrected chi connectivity index (χ2v) is 17.2. The monoisotopic (exact) mass is 939 g/mol. The van der Waals surface area contributed by atoms with Crippen LogP contribution in [0.2, 0.25) is 0 Å². The predicted molar refractivity (Wildman–Crippen MR) is 255 cm³/mol. The molecular weight excluding hydrogens is 875 g/mol. The zero-order chi connectivity index (χ0) is 47.8. The summed E-state index contributed by atoms with van der Waals surface area (Å²) in [5.74, 6) is 0.0470. The number of nitrogens with two attached hydrogens (primary N) is 8. The zero-order valence-corrected chi connectivity index (χ0v) is 37.5. The Morgan fingerprint density at radius 1 is 0.712 bits per heavy atom. The van der Waals surface area contributed by atoms with Crippen molar-refractivity contribution >= 4 is 69.2 Å². The van der Waals surface area contributed by atoms with Crippen molar-refractivity contribution in [1.29, 1.82) is 0 Å². The van der Waals surface area contributed by atoms with Gasteiger partial charge in [0.2, 0.25) is 5.91 Å². The first-order chi connectivity index (χ1) is 31.6. The molecule has 23 nitrogen and oxygen atoms in total. The summed E-state index contributed by atoms with van der Waals surface area (Å²) in [5, 5.41) is 41.0. The zero-order valence-electron chi connectivity index (χ0n) is 36.7. The largest absolute Gasteiger partial charge is 0.388 e. The first kappa shape index (κ1) is 51.2. The van der Waals surface area contributed by atoms with Crippen LogP contribution in [0.3, 0.4) is 0 Å². The maximum absolute atomic E-state index is 13.3. The van der Waals surface area contributed by atoms with Crippen molar-refractivity contribution < 1.29 is 39.1 Å². The number of nitrogens with zero attached hydrogens (tertiary/aromatic N) is 5. The summed E-state index contributed by atoms with van der Waals surface area (Å²) >= 11 is 1.69. The molecule has 24 heteroatoms. The van der Waals surface area contributed by atoms with Gasteiger partial charge in [-0.1, -0.05) is 49.2 Å². The van der Waals surface area contributed by atoms with Gasteiger partial charge in [-0.3, -0.25) is 14.6 Å². The van der Waals surface area contributed by atoms with Gasteiger partial charge in [-0.25, -0.2) is 20.0 Å². The van der Waals surface area contributed by atoms with E-state index < -0.39 is 67.0 Å². The van der Waals surface area contributed by atoms with Gasteiger partial charge in [0.25, 0.3) is 5.91 Å². The number of nitrogens with one attached hydrogen (secondary N) is 2. The number of benzene rings is 2. The minimum Gasteiger partial charge on any atom is -0.388 e. The Balaban J connectivity index is 1.05. The molecule has 0 unspecified atom stereocenters. The van der Waals surface area contributed by atoms with Crippen LogP contribution >= 0.6 is 11.8 Å². The van der Waals surface area contributed by atoms with E-state index in [1.165, 1.54) is 0 Å². The van der Waals surface area contributed by atoms with Crippen LogP contribution in [-0.2, 0) is 19.0 Å². The first-order valence-corrected chi connectivity index (χ1v) is 23.0. The standard InChI is InChI=1S/C42H65N15O8S/c43-39(44)53-21-28-33(60)34(61)31(57-42(49)50)38(64-28)65-35-27(56-41(47)48)20-26(55-40(45)46)32(59)36(35)63-17-7-1-2-8-18-66-19-14-29(58)51-15-9-16-52-37(62)30-22-10-3-5-12-24(22)54-25-13-6-4-11-23(25)30/h3-6,10-13,26-28,31-36,38,59-61H,1-2,7-9,14-21H2,(H,51,58)(H,52,62)(H4,43,44,53)(H4,45,46,55)(H4,47,48,56)(H4,49,50,57)/t26-,27+,28-,31-,32+,33-,34-,35-,36-,38-/m1/s1. The molecular formula is C42H65N15O8S. The van der Waals surface area contributed by atoms with Crippen molar-refractivity contribution in [2.24, 2.45) is 65.8 Å². The molecule has 0 radical (unpaired) electrons. The minimum atomic E-state index is -1.59. The lowest BCUT2D eigenvalue weighted by Crippen LogP contribution is -2.63. The average molecular weight is 940 g/mol. The molecule has 2 heterocycles. The normalized spacial score (nSPS) is 25.1. The number of carbonyl (C=O) groups excluding carboxylic acids is 2. The molecule has 1 aromatic heterocycles. The average Bonchev–Trinajstić information content (AvgIpc) is 3.26. The Bertz CT molecular complexity index is 2130. The van der Waals surface area contributed by atoms with Gasteiger partial charge in [0, 0.05) is 42.6 Å². The van der Waals surface area contributed by atoms with Gasteiger partial charge in [-0.05, 0) is 43.6 Å². The number of aliphatic imine (C=N–C) groups is 4. The first-order valence-electron chi connectivity index (χ1n) is 21.8. The van der Waals surface area contributed by atoms with Crippen molar-refractivity contribution in [3.05, 3.63) is 54.1 Å². The summed E-state index contributed by atoms with van der Waals surface area (Å²) in [4.78, 5) is 46.9. The van der Waals surface area contributed by atoms with E-state index in [1.54, 1.807) is 11.8 Å². The van der Waals surface area contributed by atoms with E-state index in [0.29, 0.717) is 43.7 Å². The second kappa shape index (κ2) is 25.2. The quantitative estimate of drug-likeness (QED) is 0.0202. The van der Waals surface area contributed by atoms with Crippen LogP contribution in [0.4, 0.5) is 0 Å². The van der Waals surface area contributed by atoms with Crippen LogP contribution in [0.5, 0.6) is 0 Å². The van der Waals surface area contributed by atoms with E-state index >= 15 is 0 Å². The predicted octanol–water partition coefficient (Wildman–Crippen LogP) is -2.51. The number of hydrogen-bond acceptors (Lipinski definition) is 14. The Kier molecular flexibility index (Phi) is 19.6. The summed E-state index contributed by atoms with van der Waals surface area (Å²) in [6.07, 6.45) is -5.09. The van der Waals surface area contributed by atoms with Gasteiger partial charge in [0.05, 0.1) is 35.2 Å². The molecule has 21 N–H and O–H groups in total. The highest BCUT2D eigenvalue weighted by atomic mass is 32.2. The number of aliphatic hydroxyl groups excluding tert-OH is 3. The molecule has 0 spiro atoms. The van der Waals surface area contributed by atoms with Gasteiger partial charge in [0.1, 0.15) is 42.7 Å². The van der Waals surface area contributed by atoms with Crippen molar-refractivity contribution in [2.75, 3.05) is 37.7 Å². The number of fused-ring (bicyclic) bond motifs is 2. The van der Waals surface area contributed by atoms with Gasteiger partial charge in [-0.15, -0.1) is 0 Å². The van der Waals surface area contributed by atoms with E-state index in [1.807, 2.05) is 48.5 Å². The minimum absolute atomic E-state index is 0.0201. The van der Waals surface area contributed by atoms with E-state index in [-0.39, 0.29) is 49.3 Å². The summed E-state index contributed by atoms with van der Waals surface area (Å²) in [5.41, 5.74) is 47.4. The van der Waals surface area contributed by atoms with Crippen molar-refractivity contribution in [3.8, 4) is 0 Å². The molecule has 2 fully saturated rings. The Morgan fingerprint density at radius 3 is 1.98 bits per heavy atom. The molecule has 1 aliphatic carbocycles. The van der Waals surface area contributed by atoms with E-state index in [2.05, 4.69) is 35.6 Å². The van der Waals surface area contributed by atoms with Crippen LogP contribution in [-0.4, -0.2) is 155 Å². The van der Waals surface area contributed by atoms with E-state index in [4.69, 9.17) is 60.1 Å². The maximum atomic E-state index is 13.3. The highest BCUT2D eigenvalue weighted by molar-refractivity contribution is 7.99. The number of pyridine rings is 1. The van der Waals surface area contributed by atoms with Gasteiger partial charge < -0.3 is 86.0 Å². The third kappa shape index (κ3) is 14.6. The number of amides is 2. The number of unbranched alkanes of at least 4 members (excludes halogenated alkanes) is 3. The maximum Gasteiger partial charge on any atom is 0.252 e. The van der Waals surface area contributed by atoms with Crippen LogP contribution in [0, 0.1) is 0 Å². The molecule has 1 saturated carbocycles. The molecule has 66 heavy (non-hydrogen) atoms. The van der Waals surface area contributed by atoms with Crippen molar-refractivity contribution in [2.45, 2.75) is 106 Å². The highest BCUT2D eigenvalue weighted by Crippen LogP contribution is 2.34. The number of hydrogen-bond donors (Lipinski definition) is 13. The number of rotatable bonds is 23. The molecule has 362 valence electrons. The fourth-order valence-electron chi connectivity index (χ4n) is 7.92. The number of thioether (sulfide) groups is 1. The summed E-state index contributed by atoms with van der Waals surface area (Å²) in [7, 11) is 0. The van der Waals surface area contributed by atoms with Crippen LogP contribution in [0.25, 0.3) is 21.8 Å². The molecule has 10 atom stereocenters. The lowest BCUT2D eigenvalue weighted by atomic mass is 9.83. The molecule has 3 aromatic rings. The SMILES string of the molecule is NC(N)=NC[C@H]1O[C@H](O[C@H]2[C@H](OCCCCCCSCCC(=O)NCCCNC(=O)c3c4ccccc4nc4ccccc34)[C@@H](O)[C@H](N=C(N)N)C[C@@H]2N=C(N)N)[C@H](N=C(N)N)[C@@H](O)[C@@H]1O. The smallest absolute Gasteiger partial charge is 0.252 e.